The van der Waals surface area contributed by atoms with Crippen LogP contribution >= 0.6 is 11.6 Å². The fourth-order valence-electron chi connectivity index (χ4n) is 2.60. The van der Waals surface area contributed by atoms with Crippen LogP contribution in [0.25, 0.3) is 0 Å². The van der Waals surface area contributed by atoms with Crippen molar-refractivity contribution in [2.45, 2.75) is 32.1 Å². The van der Waals surface area contributed by atoms with Gasteiger partial charge in [-0.2, -0.15) is 0 Å². The van der Waals surface area contributed by atoms with Crippen molar-refractivity contribution in [3.05, 3.63) is 34.2 Å². The third-order valence-corrected chi connectivity index (χ3v) is 4.40. The molecule has 0 unspecified atom stereocenters. The van der Waals surface area contributed by atoms with Crippen molar-refractivity contribution in [2.24, 2.45) is 5.41 Å². The molecule has 1 amide bonds. The van der Waals surface area contributed by atoms with Gasteiger partial charge in [-0.05, 0) is 18.9 Å². The maximum Gasteiger partial charge on any atom is 0.267 e. The maximum absolute atomic E-state index is 12.0. The lowest BCUT2D eigenvalue weighted by molar-refractivity contribution is 0.0915. The van der Waals surface area contributed by atoms with Gasteiger partial charge in [0.25, 0.3) is 5.91 Å². The largest absolute Gasteiger partial charge is 0.350 e. The van der Waals surface area contributed by atoms with Gasteiger partial charge in [0.05, 0.1) is 0 Å². The number of carbonyl (C=O) groups is 1. The molecule has 19 heavy (non-hydrogen) atoms. The van der Waals surface area contributed by atoms with Gasteiger partial charge in [-0.1, -0.05) is 25.3 Å². The number of amides is 1. The minimum absolute atomic E-state index is 0.0184. The predicted molar refractivity (Wildman–Crippen MR) is 75.6 cm³/mol. The predicted octanol–water partition coefficient (Wildman–Crippen LogP) is 2.29. The van der Waals surface area contributed by atoms with Crippen molar-refractivity contribution in [2.75, 3.05) is 12.4 Å². The monoisotopic (exact) mass is 282 g/mol. The molecule has 4 nitrogen and oxygen atoms in total. The quantitative estimate of drug-likeness (QED) is 0.833. The molecule has 5 heteroatoms. The van der Waals surface area contributed by atoms with Gasteiger partial charge in [0.2, 0.25) is 5.56 Å². The fraction of sp³-hybridized carbons (Fsp3) is 0.571. The number of hydrogen-bond donors (Lipinski definition) is 2. The molecule has 0 aromatic carbocycles. The Labute approximate surface area is 117 Å². The number of hydrogen-bond acceptors (Lipinski definition) is 2. The molecule has 1 aromatic heterocycles. The Bertz CT molecular complexity index is 492. The van der Waals surface area contributed by atoms with Crippen LogP contribution in [0, 0.1) is 5.41 Å². The van der Waals surface area contributed by atoms with Crippen LogP contribution in [-0.4, -0.2) is 23.3 Å². The number of H-pyrrole nitrogens is 1. The number of aromatic nitrogens is 1. The molecule has 0 saturated heterocycles. The molecule has 1 heterocycles. The van der Waals surface area contributed by atoms with E-state index in [1.807, 2.05) is 0 Å². The minimum atomic E-state index is -0.266. The average Bonchev–Trinajstić information content (AvgIpc) is 2.46. The second kappa shape index (κ2) is 6.24. The van der Waals surface area contributed by atoms with E-state index in [0.717, 1.165) is 12.8 Å². The third-order valence-electron chi connectivity index (χ3n) is 3.83. The standard InChI is InChI=1S/C14H19ClN2O2/c15-9-14(7-2-1-3-8-14)10-16-13(19)11-5-4-6-12(18)17-11/h4-6H,1-3,7-10H2,(H,16,19)(H,17,18). The smallest absolute Gasteiger partial charge is 0.267 e. The molecule has 0 atom stereocenters. The zero-order valence-electron chi connectivity index (χ0n) is 10.9. The highest BCUT2D eigenvalue weighted by molar-refractivity contribution is 6.18. The Morgan fingerprint density at radius 1 is 1.32 bits per heavy atom. The molecule has 0 aliphatic heterocycles. The SMILES string of the molecule is O=C(NCC1(CCl)CCCCC1)c1cccc(=O)[nH]1. The van der Waals surface area contributed by atoms with Gasteiger partial charge in [0.1, 0.15) is 5.69 Å². The van der Waals surface area contributed by atoms with Gasteiger partial charge in [0, 0.05) is 23.9 Å². The number of halogens is 1. The summed E-state index contributed by atoms with van der Waals surface area (Å²) in [5.41, 5.74) is 0.0512. The average molecular weight is 283 g/mol. The minimum Gasteiger partial charge on any atom is -0.350 e. The van der Waals surface area contributed by atoms with Crippen LogP contribution in [0.2, 0.25) is 0 Å². The summed E-state index contributed by atoms with van der Waals surface area (Å²) in [7, 11) is 0. The van der Waals surface area contributed by atoms with Gasteiger partial charge < -0.3 is 10.3 Å². The summed E-state index contributed by atoms with van der Waals surface area (Å²) in [4.78, 5) is 25.7. The molecule has 1 aliphatic rings. The number of pyridine rings is 1. The van der Waals surface area contributed by atoms with E-state index >= 15 is 0 Å². The van der Waals surface area contributed by atoms with Crippen LogP contribution < -0.4 is 10.9 Å². The van der Waals surface area contributed by atoms with Gasteiger partial charge in [-0.25, -0.2) is 0 Å². The summed E-state index contributed by atoms with van der Waals surface area (Å²) in [5.74, 6) is 0.325. The highest BCUT2D eigenvalue weighted by Crippen LogP contribution is 2.36. The molecule has 1 saturated carbocycles. The Hall–Kier alpha value is -1.29. The summed E-state index contributed by atoms with van der Waals surface area (Å²) in [6.45, 7) is 0.576. The van der Waals surface area contributed by atoms with E-state index in [9.17, 15) is 9.59 Å². The molecular weight excluding hydrogens is 264 g/mol. The third kappa shape index (κ3) is 3.60. The normalized spacial score (nSPS) is 17.9. The van der Waals surface area contributed by atoms with Crippen LogP contribution in [0.15, 0.2) is 23.0 Å². The number of nitrogens with one attached hydrogen (secondary N) is 2. The van der Waals surface area contributed by atoms with E-state index in [1.54, 1.807) is 12.1 Å². The maximum atomic E-state index is 12.0. The Morgan fingerprint density at radius 2 is 2.05 bits per heavy atom. The molecule has 1 fully saturated rings. The Balaban J connectivity index is 1.97. The molecule has 2 rings (SSSR count). The fourth-order valence-corrected chi connectivity index (χ4v) is 2.96. The first-order valence-corrected chi connectivity index (χ1v) is 7.22. The lowest BCUT2D eigenvalue weighted by Gasteiger charge is -2.35. The van der Waals surface area contributed by atoms with Crippen LogP contribution in [0.4, 0.5) is 0 Å². The zero-order chi connectivity index (χ0) is 13.7. The van der Waals surface area contributed by atoms with E-state index in [4.69, 9.17) is 11.6 Å². The van der Waals surface area contributed by atoms with Crippen molar-refractivity contribution in [3.8, 4) is 0 Å². The van der Waals surface area contributed by atoms with Gasteiger partial charge in [-0.15, -0.1) is 11.6 Å². The van der Waals surface area contributed by atoms with E-state index in [1.165, 1.54) is 25.3 Å². The first kappa shape index (κ1) is 14.1. The molecule has 104 valence electrons. The summed E-state index contributed by atoms with van der Waals surface area (Å²) in [6, 6.07) is 4.56. The second-order valence-electron chi connectivity index (χ2n) is 5.31. The molecule has 0 bridgehead atoms. The van der Waals surface area contributed by atoms with Crippen LogP contribution in [0.1, 0.15) is 42.6 Å². The molecule has 1 aromatic rings. The van der Waals surface area contributed by atoms with Crippen molar-refractivity contribution < 1.29 is 4.79 Å². The van der Waals surface area contributed by atoms with Crippen molar-refractivity contribution in [1.29, 1.82) is 0 Å². The number of alkyl halides is 1. The number of carbonyl (C=O) groups excluding carboxylic acids is 1. The highest BCUT2D eigenvalue weighted by Gasteiger charge is 2.31. The number of aromatic amines is 1. The molecule has 0 spiro atoms. The lowest BCUT2D eigenvalue weighted by Crippen LogP contribution is -2.40. The van der Waals surface area contributed by atoms with Crippen molar-refractivity contribution in [1.82, 2.24) is 10.3 Å². The van der Waals surface area contributed by atoms with Gasteiger partial charge >= 0.3 is 0 Å². The van der Waals surface area contributed by atoms with E-state index < -0.39 is 0 Å². The molecule has 2 N–H and O–H groups in total. The van der Waals surface area contributed by atoms with Crippen LogP contribution in [-0.2, 0) is 0 Å². The van der Waals surface area contributed by atoms with Crippen LogP contribution in [0.3, 0.4) is 0 Å². The van der Waals surface area contributed by atoms with E-state index in [2.05, 4.69) is 10.3 Å². The molecule has 1 aliphatic carbocycles. The van der Waals surface area contributed by atoms with Crippen molar-refractivity contribution in [3.63, 3.8) is 0 Å². The van der Waals surface area contributed by atoms with Gasteiger partial charge in [-0.3, -0.25) is 9.59 Å². The first-order valence-electron chi connectivity index (χ1n) is 6.69. The Kier molecular flexibility index (Phi) is 4.64. The summed E-state index contributed by atoms with van der Waals surface area (Å²) < 4.78 is 0. The summed E-state index contributed by atoms with van der Waals surface area (Å²) in [5, 5.41) is 2.89. The van der Waals surface area contributed by atoms with Crippen LogP contribution in [0.5, 0.6) is 0 Å². The van der Waals surface area contributed by atoms with Gasteiger partial charge in [0.15, 0.2) is 0 Å². The topological polar surface area (TPSA) is 62.0 Å². The van der Waals surface area contributed by atoms with Crippen molar-refractivity contribution >= 4 is 17.5 Å². The molecule has 0 radical (unpaired) electrons. The highest BCUT2D eigenvalue weighted by atomic mass is 35.5. The summed E-state index contributed by atoms with van der Waals surface area (Å²) >= 11 is 6.08. The summed E-state index contributed by atoms with van der Waals surface area (Å²) in [6.07, 6.45) is 5.71. The van der Waals surface area contributed by atoms with E-state index in [0.29, 0.717) is 18.1 Å². The lowest BCUT2D eigenvalue weighted by atomic mass is 9.75. The first-order chi connectivity index (χ1) is 9.15. The number of rotatable bonds is 4. The Morgan fingerprint density at radius 3 is 2.68 bits per heavy atom. The second-order valence-corrected chi connectivity index (χ2v) is 5.57. The van der Waals surface area contributed by atoms with E-state index in [-0.39, 0.29) is 16.9 Å². The molecular formula is C14H19ClN2O2. The zero-order valence-corrected chi connectivity index (χ0v) is 11.6.